The number of hydrogen-bond acceptors (Lipinski definition) is 6. The van der Waals surface area contributed by atoms with Gasteiger partial charge in [-0.15, -0.1) is 0 Å². The van der Waals surface area contributed by atoms with Crippen molar-refractivity contribution < 1.29 is 30.6 Å². The largest absolute Gasteiger partial charge is 3.00 e. The molecule has 0 aliphatic carbocycles. The molecule has 0 aliphatic rings. The molecule has 0 fully saturated rings. The first-order valence-corrected chi connectivity index (χ1v) is 2.45. The normalized spacial score (nSPS) is 2.57. The van der Waals surface area contributed by atoms with Crippen LogP contribution in [0.5, 0.6) is 0 Å². The van der Waals surface area contributed by atoms with E-state index in [-0.39, 0.29) is 12.3 Å². The molecule has 88 valence electrons. The van der Waals surface area contributed by atoms with E-state index in [1.807, 2.05) is 0 Å². The molecule has 0 bridgehead atoms. The molecule has 0 spiro atoms. The summed E-state index contributed by atoms with van der Waals surface area (Å²) >= 11 is 0. The summed E-state index contributed by atoms with van der Waals surface area (Å²) in [6.07, 6.45) is 0. The molecule has 0 N–H and O–H groups in total. The van der Waals surface area contributed by atoms with Gasteiger partial charge in [-0.3, -0.25) is 0 Å². The molecule has 0 aromatic heterocycles. The van der Waals surface area contributed by atoms with Crippen molar-refractivity contribution in [1.29, 1.82) is 0 Å². The Hall–Kier alpha value is -0.820. The van der Waals surface area contributed by atoms with Gasteiger partial charge in [0.25, 0.3) is 0 Å². The zero-order valence-electron chi connectivity index (χ0n) is 9.34. The Morgan fingerprint density at radius 2 is 0.286 bits per heavy atom. The maximum atomic E-state index is 8.25. The summed E-state index contributed by atoms with van der Waals surface area (Å²) in [5.41, 5.74) is 0. The monoisotopic (exact) mass is 214 g/mol. The lowest BCUT2D eigenvalue weighted by Crippen LogP contribution is -1.81. The molecule has 4 radical (unpaired) electrons. The zero-order valence-corrected chi connectivity index (χ0v) is 9.34. The van der Waals surface area contributed by atoms with Crippen molar-refractivity contribution in [2.45, 2.75) is 0 Å². The third-order valence-corrected chi connectivity index (χ3v) is 0. The Kier molecular flexibility index (Phi) is 11800. The van der Waals surface area contributed by atoms with Gasteiger partial charge in [0.2, 0.25) is 0 Å². The van der Waals surface area contributed by atoms with Crippen molar-refractivity contribution in [2.75, 3.05) is 42.7 Å². The second-order valence-electron chi connectivity index (χ2n) is 0. The van der Waals surface area contributed by atoms with E-state index in [9.17, 15) is 0 Å². The minimum absolute atomic E-state index is 0. The summed E-state index contributed by atoms with van der Waals surface area (Å²) in [7, 11) is 4.50. The molecule has 0 aromatic carbocycles. The van der Waals surface area contributed by atoms with E-state index in [2.05, 4.69) is 0 Å². The topological polar surface area (TPSA) is 199 Å². The summed E-state index contributed by atoms with van der Waals surface area (Å²) in [6.45, 7) is 0. The number of nitrogens with zero attached hydrogens (tertiary/aromatic N) is 2. The molecule has 0 atom stereocenters. The Morgan fingerprint density at radius 1 is 0.286 bits per heavy atom. The molecule has 0 amide bonds. The highest BCUT2D eigenvalue weighted by molar-refractivity contribution is 3.09. The van der Waals surface area contributed by atoms with Crippen LogP contribution in [0.4, 0.5) is 0 Å². The van der Waals surface area contributed by atoms with Crippen LogP contribution in [-0.4, -0.2) is 42.7 Å². The standard InChI is InChI=1S/6CH3O.2N/c6*1-2;;/h6*1H3;;/q6*-1;2*+3. The van der Waals surface area contributed by atoms with Gasteiger partial charge < -0.3 is 30.6 Å². The van der Waals surface area contributed by atoms with E-state index in [4.69, 9.17) is 30.6 Å². The van der Waals surface area contributed by atoms with Gasteiger partial charge in [0.1, 0.15) is 0 Å². The molecule has 0 aliphatic heterocycles. The molecular formula is C6H18N2O6. The van der Waals surface area contributed by atoms with Crippen LogP contribution >= 0.6 is 0 Å². The smallest absolute Gasteiger partial charge is 0.857 e. The molecule has 14 heavy (non-hydrogen) atoms. The predicted octanol–water partition coefficient (Wildman–Crippen LogP) is -7.10. The highest BCUT2D eigenvalue weighted by Gasteiger charge is 3.00. The van der Waals surface area contributed by atoms with Crippen LogP contribution in [0.2, 0.25) is 0 Å². The van der Waals surface area contributed by atoms with Crippen LogP contribution in [0.25, 0.3) is 0 Å². The SMILES string of the molecule is C[O-].C[O-].C[O-].C[O-].C[O-].C[O-].[N+3].[N+3]. The first-order chi connectivity index (χ1) is 6.00. The Balaban J connectivity index is -0.00000000500. The lowest BCUT2D eigenvalue weighted by molar-refractivity contribution is -0.325. The lowest BCUT2D eigenvalue weighted by atomic mass is 11.8. The van der Waals surface area contributed by atoms with Gasteiger partial charge in [-0.1, -0.05) is 0 Å². The maximum Gasteiger partial charge on any atom is 3.00 e. The highest BCUT2D eigenvalue weighted by atomic mass is 16.2. The van der Waals surface area contributed by atoms with Gasteiger partial charge in [0, 0.05) is 0 Å². The van der Waals surface area contributed by atoms with Crippen molar-refractivity contribution in [2.24, 2.45) is 0 Å². The Labute approximate surface area is 86.6 Å². The maximum absolute atomic E-state index is 8.25. The van der Waals surface area contributed by atoms with Gasteiger partial charge in [-0.25, -0.2) is 0 Å². The van der Waals surface area contributed by atoms with Crippen LogP contribution in [-0.2, 0) is 0 Å². The Morgan fingerprint density at radius 3 is 0.286 bits per heavy atom. The van der Waals surface area contributed by atoms with Gasteiger partial charge in [0.05, 0.1) is 0 Å². The van der Waals surface area contributed by atoms with E-state index in [1.165, 1.54) is 0 Å². The van der Waals surface area contributed by atoms with Gasteiger partial charge in [-0.2, -0.15) is 42.7 Å². The number of rotatable bonds is 0. The Bertz CT molecular complexity index is 20.3. The van der Waals surface area contributed by atoms with Crippen LogP contribution in [0.3, 0.4) is 0 Å². The van der Waals surface area contributed by atoms with E-state index in [0.717, 1.165) is 42.7 Å². The first-order valence-electron chi connectivity index (χ1n) is 2.45. The van der Waals surface area contributed by atoms with Gasteiger partial charge >= 0.3 is 12.3 Å². The van der Waals surface area contributed by atoms with E-state index in [1.54, 1.807) is 0 Å². The van der Waals surface area contributed by atoms with Crippen molar-refractivity contribution in [3.63, 3.8) is 0 Å². The minimum atomic E-state index is 0. The molecule has 0 rings (SSSR count). The number of hydrogen-bond donors (Lipinski definition) is 0. The average Bonchev–Trinajstić information content (AvgIpc) is 2.33. The summed E-state index contributed by atoms with van der Waals surface area (Å²) in [5.74, 6) is 0. The second kappa shape index (κ2) is 2260. The van der Waals surface area contributed by atoms with Gasteiger partial charge in [-0.05, 0) is 0 Å². The summed E-state index contributed by atoms with van der Waals surface area (Å²) < 4.78 is 0. The van der Waals surface area contributed by atoms with E-state index < -0.39 is 0 Å². The van der Waals surface area contributed by atoms with Crippen molar-refractivity contribution in [3.05, 3.63) is 0 Å². The van der Waals surface area contributed by atoms with Crippen LogP contribution < -0.4 is 42.9 Å². The highest BCUT2D eigenvalue weighted by Crippen LogP contribution is 0.428. The molecule has 0 unspecified atom stereocenters. The molecule has 0 saturated heterocycles. The van der Waals surface area contributed by atoms with E-state index >= 15 is 0 Å². The quantitative estimate of drug-likeness (QED) is 0.383. The summed E-state index contributed by atoms with van der Waals surface area (Å²) in [4.78, 5) is 0. The molecular weight excluding hydrogens is 196 g/mol. The van der Waals surface area contributed by atoms with E-state index in [0.29, 0.717) is 0 Å². The van der Waals surface area contributed by atoms with Crippen molar-refractivity contribution in [3.8, 4) is 0 Å². The molecule has 8 heteroatoms. The fraction of sp³-hybridized carbons (Fsp3) is 1.00. The van der Waals surface area contributed by atoms with Crippen molar-refractivity contribution in [1.82, 2.24) is 12.3 Å². The second-order valence-corrected chi connectivity index (χ2v) is 0. The first kappa shape index (κ1) is 72.9. The lowest BCUT2D eigenvalue weighted by Gasteiger charge is -1.57. The summed E-state index contributed by atoms with van der Waals surface area (Å²) in [6, 6.07) is 0. The van der Waals surface area contributed by atoms with Crippen LogP contribution in [0.1, 0.15) is 0 Å². The molecule has 0 heterocycles. The molecule has 0 saturated carbocycles. The predicted molar refractivity (Wildman–Crippen MR) is 39.8 cm³/mol. The molecule has 0 aromatic rings. The summed E-state index contributed by atoms with van der Waals surface area (Å²) in [5, 5.41) is 49.5. The van der Waals surface area contributed by atoms with Crippen LogP contribution in [0, 0.1) is 0 Å². The average molecular weight is 214 g/mol. The van der Waals surface area contributed by atoms with Gasteiger partial charge in [0.15, 0.2) is 0 Å². The fourth-order valence-corrected chi connectivity index (χ4v) is 0. The molecule has 8 nitrogen and oxygen atoms in total. The van der Waals surface area contributed by atoms with Crippen LogP contribution in [0.15, 0.2) is 0 Å². The third-order valence-electron chi connectivity index (χ3n) is 0. The third kappa shape index (κ3) is 1720. The van der Waals surface area contributed by atoms with Crippen molar-refractivity contribution >= 4 is 0 Å². The minimum Gasteiger partial charge on any atom is -0.857 e. The fourth-order valence-electron chi connectivity index (χ4n) is 0. The zero-order chi connectivity index (χ0) is 12.0.